The monoisotopic (exact) mass is 390 g/mol. The summed E-state index contributed by atoms with van der Waals surface area (Å²) in [7, 11) is -3.50. The summed E-state index contributed by atoms with van der Waals surface area (Å²) in [6.45, 7) is 6.32. The number of nitrogens with two attached hydrogens (primary N) is 1. The van der Waals surface area contributed by atoms with Crippen LogP contribution in [0, 0.1) is 0 Å². The van der Waals surface area contributed by atoms with Crippen molar-refractivity contribution in [1.82, 2.24) is 18.6 Å². The number of morpholine rings is 1. The predicted octanol–water partition coefficient (Wildman–Crippen LogP) is 0.188. The van der Waals surface area contributed by atoms with Crippen LogP contribution in [0.15, 0.2) is 6.07 Å². The molecule has 11 heteroatoms. The van der Waals surface area contributed by atoms with Crippen LogP contribution in [0.25, 0.3) is 0 Å². The van der Waals surface area contributed by atoms with Crippen LogP contribution in [0.3, 0.4) is 0 Å². The average Bonchev–Trinajstić information content (AvgIpc) is 2.53. The van der Waals surface area contributed by atoms with Crippen LogP contribution in [-0.4, -0.2) is 78.5 Å². The van der Waals surface area contributed by atoms with E-state index >= 15 is 0 Å². The third kappa shape index (κ3) is 4.14. The molecule has 2 aliphatic rings. The number of hydrogen-bond acceptors (Lipinski definition) is 7. The first kappa shape index (κ1) is 18.6. The smallest absolute Gasteiger partial charge is 0.282 e. The fourth-order valence-electron chi connectivity index (χ4n) is 3.22. The molecule has 0 bridgehead atoms. The number of hydrogen-bond donors (Lipinski definition) is 1. The van der Waals surface area contributed by atoms with Crippen LogP contribution in [0.5, 0.6) is 0 Å². The van der Waals surface area contributed by atoms with Gasteiger partial charge in [0, 0.05) is 45.3 Å². The molecule has 2 N–H and O–H groups in total. The summed E-state index contributed by atoms with van der Waals surface area (Å²) in [5.74, 6) is 0.719. The fourth-order valence-corrected chi connectivity index (χ4v) is 5.15. The molecule has 3 heterocycles. The second kappa shape index (κ2) is 7.20. The van der Waals surface area contributed by atoms with Crippen molar-refractivity contribution in [3.05, 3.63) is 11.2 Å². The van der Waals surface area contributed by atoms with Gasteiger partial charge in [-0.25, -0.2) is 4.98 Å². The van der Waals surface area contributed by atoms with Gasteiger partial charge < -0.3 is 15.4 Å². The number of nitrogens with zero attached hydrogens (tertiary/aromatic N) is 5. The first-order chi connectivity index (χ1) is 11.8. The SMILES string of the molecule is C[C@@H]1CN(S(=O)(=O)N2CCN(c3cc(Cl)nc(N)n3)CC2)C[C@H](C)O1. The molecule has 0 aliphatic carbocycles. The number of anilines is 2. The van der Waals surface area contributed by atoms with Gasteiger partial charge in [0.2, 0.25) is 5.95 Å². The van der Waals surface area contributed by atoms with Crippen molar-refractivity contribution >= 4 is 33.6 Å². The normalized spacial score (nSPS) is 26.8. The fraction of sp³-hybridized carbons (Fsp3) is 0.714. The van der Waals surface area contributed by atoms with Crippen molar-refractivity contribution in [2.75, 3.05) is 49.9 Å². The summed E-state index contributed by atoms with van der Waals surface area (Å²) < 4.78 is 34.4. The lowest BCUT2D eigenvalue weighted by Crippen LogP contribution is -2.57. The van der Waals surface area contributed by atoms with Crippen LogP contribution >= 0.6 is 11.6 Å². The second-order valence-electron chi connectivity index (χ2n) is 6.38. The molecule has 9 nitrogen and oxygen atoms in total. The van der Waals surface area contributed by atoms with Crippen LogP contribution in [0.2, 0.25) is 5.15 Å². The van der Waals surface area contributed by atoms with Gasteiger partial charge in [-0.1, -0.05) is 11.6 Å². The maximum atomic E-state index is 12.9. The molecule has 2 atom stereocenters. The van der Waals surface area contributed by atoms with Gasteiger partial charge in [0.1, 0.15) is 11.0 Å². The molecule has 0 saturated carbocycles. The molecule has 25 heavy (non-hydrogen) atoms. The number of rotatable bonds is 3. The average molecular weight is 391 g/mol. The van der Waals surface area contributed by atoms with Crippen molar-refractivity contribution in [3.63, 3.8) is 0 Å². The highest BCUT2D eigenvalue weighted by Crippen LogP contribution is 2.22. The number of ether oxygens (including phenoxy) is 1. The number of piperazine rings is 1. The van der Waals surface area contributed by atoms with E-state index in [1.165, 1.54) is 8.61 Å². The van der Waals surface area contributed by atoms with E-state index in [0.717, 1.165) is 0 Å². The Morgan fingerprint density at radius 1 is 1.12 bits per heavy atom. The zero-order valence-corrected chi connectivity index (χ0v) is 15.9. The van der Waals surface area contributed by atoms with Gasteiger partial charge in [-0.15, -0.1) is 0 Å². The highest BCUT2D eigenvalue weighted by atomic mass is 35.5. The van der Waals surface area contributed by atoms with Crippen molar-refractivity contribution in [2.24, 2.45) is 0 Å². The lowest BCUT2D eigenvalue weighted by Gasteiger charge is -2.40. The molecule has 3 rings (SSSR count). The van der Waals surface area contributed by atoms with Crippen molar-refractivity contribution in [1.29, 1.82) is 0 Å². The molecule has 0 amide bonds. The number of halogens is 1. The molecule has 2 saturated heterocycles. The van der Waals surface area contributed by atoms with Gasteiger partial charge in [0.25, 0.3) is 10.2 Å². The van der Waals surface area contributed by atoms with E-state index in [1.807, 2.05) is 18.7 Å². The largest absolute Gasteiger partial charge is 0.373 e. The third-order valence-electron chi connectivity index (χ3n) is 4.30. The minimum Gasteiger partial charge on any atom is -0.373 e. The molecular formula is C14H23ClN6O3S. The molecule has 0 aromatic carbocycles. The van der Waals surface area contributed by atoms with Gasteiger partial charge in [-0.05, 0) is 13.8 Å². The lowest BCUT2D eigenvalue weighted by atomic mass is 10.3. The van der Waals surface area contributed by atoms with Crippen molar-refractivity contribution < 1.29 is 13.2 Å². The minimum absolute atomic E-state index is 0.105. The molecule has 2 fully saturated rings. The Bertz CT molecular complexity index is 695. The van der Waals surface area contributed by atoms with E-state index in [-0.39, 0.29) is 23.3 Å². The van der Waals surface area contributed by atoms with E-state index in [2.05, 4.69) is 9.97 Å². The zero-order chi connectivity index (χ0) is 18.2. The molecule has 0 spiro atoms. The Morgan fingerprint density at radius 3 is 2.28 bits per heavy atom. The number of aromatic nitrogens is 2. The summed E-state index contributed by atoms with van der Waals surface area (Å²) in [5.41, 5.74) is 5.63. The highest BCUT2D eigenvalue weighted by molar-refractivity contribution is 7.86. The Kier molecular flexibility index (Phi) is 5.35. The van der Waals surface area contributed by atoms with E-state index in [0.29, 0.717) is 45.1 Å². The van der Waals surface area contributed by atoms with Crippen LogP contribution in [0.1, 0.15) is 13.8 Å². The topological polar surface area (TPSA) is 105 Å². The molecule has 140 valence electrons. The van der Waals surface area contributed by atoms with Crippen molar-refractivity contribution in [2.45, 2.75) is 26.1 Å². The van der Waals surface area contributed by atoms with Gasteiger partial charge in [-0.3, -0.25) is 0 Å². The minimum atomic E-state index is -3.50. The van der Waals surface area contributed by atoms with E-state index in [1.54, 1.807) is 6.07 Å². The van der Waals surface area contributed by atoms with Crippen LogP contribution in [-0.2, 0) is 14.9 Å². The first-order valence-corrected chi connectivity index (χ1v) is 9.99. The Balaban J connectivity index is 1.67. The van der Waals surface area contributed by atoms with E-state index in [9.17, 15) is 8.42 Å². The Morgan fingerprint density at radius 2 is 1.72 bits per heavy atom. The molecule has 1 aromatic heterocycles. The summed E-state index contributed by atoms with van der Waals surface area (Å²) in [4.78, 5) is 9.97. The highest BCUT2D eigenvalue weighted by Gasteiger charge is 2.36. The second-order valence-corrected chi connectivity index (χ2v) is 8.69. The van der Waals surface area contributed by atoms with Gasteiger partial charge in [0.15, 0.2) is 0 Å². The zero-order valence-electron chi connectivity index (χ0n) is 14.3. The van der Waals surface area contributed by atoms with E-state index in [4.69, 9.17) is 22.1 Å². The number of nitrogen functional groups attached to an aromatic ring is 1. The predicted molar refractivity (Wildman–Crippen MR) is 95.7 cm³/mol. The molecule has 0 unspecified atom stereocenters. The van der Waals surface area contributed by atoms with Crippen LogP contribution in [0.4, 0.5) is 11.8 Å². The standard InChI is InChI=1S/C14H23ClN6O3S/c1-10-8-21(9-11(2)24-10)25(22,23)20-5-3-19(4-6-20)13-7-12(15)17-14(16)18-13/h7,10-11H,3-6,8-9H2,1-2H3,(H2,16,17,18)/t10-,11+. The van der Waals surface area contributed by atoms with Gasteiger partial charge in [0.05, 0.1) is 12.2 Å². The maximum absolute atomic E-state index is 12.9. The Hall–Kier alpha value is -1.20. The lowest BCUT2D eigenvalue weighted by molar-refractivity contribution is -0.0455. The summed E-state index contributed by atoms with van der Waals surface area (Å²) >= 11 is 5.92. The summed E-state index contributed by atoms with van der Waals surface area (Å²) in [5, 5.41) is 0.272. The van der Waals surface area contributed by atoms with Gasteiger partial charge >= 0.3 is 0 Å². The molecule has 1 aromatic rings. The summed E-state index contributed by atoms with van der Waals surface area (Å²) in [6, 6.07) is 1.63. The maximum Gasteiger partial charge on any atom is 0.282 e. The quantitative estimate of drug-likeness (QED) is 0.734. The third-order valence-corrected chi connectivity index (χ3v) is 6.46. The van der Waals surface area contributed by atoms with Gasteiger partial charge in [-0.2, -0.15) is 22.0 Å². The Labute approximate surface area is 152 Å². The van der Waals surface area contributed by atoms with Crippen LogP contribution < -0.4 is 10.6 Å². The van der Waals surface area contributed by atoms with E-state index < -0.39 is 10.2 Å². The molecular weight excluding hydrogens is 368 g/mol. The first-order valence-electron chi connectivity index (χ1n) is 8.21. The molecule has 2 aliphatic heterocycles. The molecule has 0 radical (unpaired) electrons. The van der Waals surface area contributed by atoms with Crippen molar-refractivity contribution in [3.8, 4) is 0 Å². The summed E-state index contributed by atoms with van der Waals surface area (Å²) in [6.07, 6.45) is -0.211.